The fraction of sp³-hybridized carbons (Fsp3) is 0.909. The molecule has 1 atom stereocenters. The number of amides is 1. The van der Waals surface area contributed by atoms with Crippen LogP contribution in [-0.4, -0.2) is 36.1 Å². The van der Waals surface area contributed by atoms with E-state index in [9.17, 15) is 14.9 Å². The molecule has 8 nitrogen and oxygen atoms in total. The molecule has 1 amide bonds. The molecule has 0 aromatic carbocycles. The molecular weight excluding hydrogens is 254 g/mol. The quantitative estimate of drug-likeness (QED) is 0.583. The highest BCUT2D eigenvalue weighted by atomic mass is 17.0. The van der Waals surface area contributed by atoms with Gasteiger partial charge >= 0.3 is 6.09 Å². The highest BCUT2D eigenvalue weighted by molar-refractivity contribution is 5.67. The zero-order valence-electron chi connectivity index (χ0n) is 10.7. The SMILES string of the molecule is O=C(N[C@H]1CC[C@H](O[N+](=O)[O-])CC1)OC1CCCN1. The van der Waals surface area contributed by atoms with Gasteiger partial charge in [0.05, 0.1) is 0 Å². The predicted molar refractivity (Wildman–Crippen MR) is 64.8 cm³/mol. The van der Waals surface area contributed by atoms with Gasteiger partial charge in [-0.3, -0.25) is 5.32 Å². The van der Waals surface area contributed by atoms with Gasteiger partial charge < -0.3 is 14.9 Å². The Balaban J connectivity index is 1.64. The van der Waals surface area contributed by atoms with Crippen LogP contribution in [0.4, 0.5) is 4.79 Å². The average molecular weight is 273 g/mol. The van der Waals surface area contributed by atoms with Gasteiger partial charge in [-0.25, -0.2) is 4.79 Å². The smallest absolute Gasteiger partial charge is 0.408 e. The van der Waals surface area contributed by atoms with E-state index in [0.717, 1.165) is 19.4 Å². The van der Waals surface area contributed by atoms with Gasteiger partial charge in [0.1, 0.15) is 6.10 Å². The molecule has 1 aliphatic heterocycles. The lowest BCUT2D eigenvalue weighted by atomic mass is 9.93. The number of alkyl carbamates (subject to hydrolysis) is 1. The van der Waals surface area contributed by atoms with Crippen molar-refractivity contribution in [2.45, 2.75) is 56.9 Å². The summed E-state index contributed by atoms with van der Waals surface area (Å²) in [4.78, 5) is 26.3. The Hall–Kier alpha value is -1.57. The van der Waals surface area contributed by atoms with Crippen LogP contribution in [-0.2, 0) is 9.57 Å². The number of nitrogens with zero attached hydrogens (tertiary/aromatic N) is 1. The van der Waals surface area contributed by atoms with Gasteiger partial charge in [-0.05, 0) is 45.1 Å². The molecule has 1 unspecified atom stereocenters. The zero-order valence-corrected chi connectivity index (χ0v) is 10.7. The molecule has 1 saturated heterocycles. The molecule has 2 fully saturated rings. The van der Waals surface area contributed by atoms with E-state index in [2.05, 4.69) is 15.5 Å². The number of nitrogens with one attached hydrogen (secondary N) is 2. The number of hydrogen-bond donors (Lipinski definition) is 2. The molecule has 0 spiro atoms. The molecule has 2 aliphatic rings. The number of carbonyl (C=O) groups excluding carboxylic acids is 1. The Morgan fingerprint density at radius 3 is 2.58 bits per heavy atom. The van der Waals surface area contributed by atoms with Crippen molar-refractivity contribution < 1.29 is 19.5 Å². The maximum Gasteiger partial charge on any atom is 0.408 e. The summed E-state index contributed by atoms with van der Waals surface area (Å²) in [5.74, 6) is 0. The first-order valence-electron chi connectivity index (χ1n) is 6.65. The normalized spacial score (nSPS) is 30.6. The molecule has 8 heteroatoms. The van der Waals surface area contributed by atoms with Gasteiger partial charge in [-0.2, -0.15) is 0 Å². The second-order valence-corrected chi connectivity index (χ2v) is 4.94. The second-order valence-electron chi connectivity index (χ2n) is 4.94. The third kappa shape index (κ3) is 4.55. The molecule has 108 valence electrons. The van der Waals surface area contributed by atoms with E-state index in [1.165, 1.54) is 0 Å². The minimum Gasteiger partial charge on any atom is -0.430 e. The molecule has 19 heavy (non-hydrogen) atoms. The van der Waals surface area contributed by atoms with E-state index in [1.54, 1.807) is 0 Å². The molecule has 1 aliphatic carbocycles. The van der Waals surface area contributed by atoms with Crippen LogP contribution in [0, 0.1) is 10.1 Å². The topological polar surface area (TPSA) is 103 Å². The first-order valence-corrected chi connectivity index (χ1v) is 6.65. The largest absolute Gasteiger partial charge is 0.430 e. The van der Waals surface area contributed by atoms with Crippen LogP contribution < -0.4 is 10.6 Å². The first kappa shape index (κ1) is 13.9. The van der Waals surface area contributed by atoms with Crippen molar-refractivity contribution >= 4 is 6.09 Å². The molecule has 1 heterocycles. The maximum atomic E-state index is 11.6. The summed E-state index contributed by atoms with van der Waals surface area (Å²) in [6.07, 6.45) is 3.41. The predicted octanol–water partition coefficient (Wildman–Crippen LogP) is 0.942. The van der Waals surface area contributed by atoms with Crippen LogP contribution in [0.15, 0.2) is 0 Å². The highest BCUT2D eigenvalue weighted by Gasteiger charge is 2.26. The molecule has 0 bridgehead atoms. The van der Waals surface area contributed by atoms with Crippen LogP contribution >= 0.6 is 0 Å². The van der Waals surface area contributed by atoms with E-state index in [0.29, 0.717) is 25.7 Å². The van der Waals surface area contributed by atoms with Crippen molar-refractivity contribution in [1.82, 2.24) is 10.6 Å². The summed E-state index contributed by atoms with van der Waals surface area (Å²) in [7, 11) is 0. The Bertz CT molecular complexity index is 324. The lowest BCUT2D eigenvalue weighted by molar-refractivity contribution is -0.769. The molecule has 0 aromatic heterocycles. The Morgan fingerprint density at radius 1 is 1.26 bits per heavy atom. The van der Waals surface area contributed by atoms with Crippen LogP contribution in [0.5, 0.6) is 0 Å². The average Bonchev–Trinajstić information content (AvgIpc) is 2.83. The van der Waals surface area contributed by atoms with Crippen molar-refractivity contribution in [3.8, 4) is 0 Å². The molecular formula is C11H19N3O5. The van der Waals surface area contributed by atoms with Crippen molar-refractivity contribution in [1.29, 1.82) is 0 Å². The van der Waals surface area contributed by atoms with Crippen LogP contribution in [0.25, 0.3) is 0 Å². The van der Waals surface area contributed by atoms with E-state index < -0.39 is 11.2 Å². The molecule has 1 saturated carbocycles. The van der Waals surface area contributed by atoms with Crippen LogP contribution in [0.1, 0.15) is 38.5 Å². The number of carbonyl (C=O) groups is 1. The number of ether oxygens (including phenoxy) is 1. The van der Waals surface area contributed by atoms with E-state index >= 15 is 0 Å². The van der Waals surface area contributed by atoms with E-state index in [-0.39, 0.29) is 18.4 Å². The van der Waals surface area contributed by atoms with E-state index in [4.69, 9.17) is 4.74 Å². The highest BCUT2D eigenvalue weighted by Crippen LogP contribution is 2.21. The van der Waals surface area contributed by atoms with Crippen molar-refractivity contribution in [2.75, 3.05) is 6.54 Å². The summed E-state index contributed by atoms with van der Waals surface area (Å²) < 4.78 is 5.20. The summed E-state index contributed by atoms with van der Waals surface area (Å²) in [6, 6.07) is 0.0144. The van der Waals surface area contributed by atoms with Gasteiger partial charge in [0.2, 0.25) is 0 Å². The van der Waals surface area contributed by atoms with Crippen molar-refractivity contribution in [3.05, 3.63) is 10.1 Å². The molecule has 2 rings (SSSR count). The first-order chi connectivity index (χ1) is 9.13. The van der Waals surface area contributed by atoms with Crippen molar-refractivity contribution in [2.24, 2.45) is 0 Å². The second kappa shape index (κ2) is 6.55. The minimum atomic E-state index is -0.752. The van der Waals surface area contributed by atoms with Gasteiger partial charge in [0.15, 0.2) is 6.23 Å². The molecule has 0 aromatic rings. The van der Waals surface area contributed by atoms with Gasteiger partial charge in [0.25, 0.3) is 5.09 Å². The third-order valence-electron chi connectivity index (χ3n) is 3.50. The standard InChI is InChI=1S/C11H19N3O5/c15-11(18-10-2-1-7-12-10)13-8-3-5-9(6-4-8)19-14(16)17/h8-10,12H,1-7H2,(H,13,15)/t8-,9-,10?. The van der Waals surface area contributed by atoms with Gasteiger partial charge in [0, 0.05) is 6.04 Å². The van der Waals surface area contributed by atoms with Crippen LogP contribution in [0.3, 0.4) is 0 Å². The number of hydrogen-bond acceptors (Lipinski definition) is 6. The fourth-order valence-corrected chi connectivity index (χ4v) is 2.52. The van der Waals surface area contributed by atoms with Crippen LogP contribution in [0.2, 0.25) is 0 Å². The Labute approximate surface area is 110 Å². The summed E-state index contributed by atoms with van der Waals surface area (Å²) in [5, 5.41) is 15.3. The van der Waals surface area contributed by atoms with E-state index in [1.807, 2.05) is 0 Å². The number of rotatable bonds is 4. The monoisotopic (exact) mass is 273 g/mol. The fourth-order valence-electron chi connectivity index (χ4n) is 2.52. The maximum absolute atomic E-state index is 11.6. The third-order valence-corrected chi connectivity index (χ3v) is 3.50. The van der Waals surface area contributed by atoms with Gasteiger partial charge in [-0.15, -0.1) is 10.1 Å². The Morgan fingerprint density at radius 2 is 2.00 bits per heavy atom. The molecule has 2 N–H and O–H groups in total. The minimum absolute atomic E-state index is 0.0144. The lowest BCUT2D eigenvalue weighted by Crippen LogP contribution is -2.42. The lowest BCUT2D eigenvalue weighted by Gasteiger charge is -2.27. The molecule has 0 radical (unpaired) electrons. The summed E-state index contributed by atoms with van der Waals surface area (Å²) in [6.45, 7) is 0.876. The summed E-state index contributed by atoms with van der Waals surface area (Å²) >= 11 is 0. The van der Waals surface area contributed by atoms with Gasteiger partial charge in [-0.1, -0.05) is 0 Å². The summed E-state index contributed by atoms with van der Waals surface area (Å²) in [5.41, 5.74) is 0. The van der Waals surface area contributed by atoms with Crippen molar-refractivity contribution in [3.63, 3.8) is 0 Å². The Kier molecular flexibility index (Phi) is 4.78. The zero-order chi connectivity index (χ0) is 13.7.